The van der Waals surface area contributed by atoms with Crippen LogP contribution in [-0.2, 0) is 4.79 Å². The molecule has 1 fully saturated rings. The molecular weight excluding hydrogens is 291 g/mol. The largest absolute Gasteiger partial charge is 0.377 e. The quantitative estimate of drug-likeness (QED) is 0.796. The van der Waals surface area contributed by atoms with Gasteiger partial charge in [-0.25, -0.2) is 0 Å². The highest BCUT2D eigenvalue weighted by Crippen LogP contribution is 2.52. The van der Waals surface area contributed by atoms with Crippen LogP contribution in [0.5, 0.6) is 0 Å². The molecule has 76 valence electrons. The fourth-order valence-electron chi connectivity index (χ4n) is 0.807. The molecule has 1 saturated carbocycles. The molecule has 0 radical (unpaired) electrons. The maximum Gasteiger partial charge on any atom is 0.377 e. The van der Waals surface area contributed by atoms with Crippen molar-refractivity contribution in [1.82, 2.24) is 5.32 Å². The third kappa shape index (κ3) is 3.22. The maximum atomic E-state index is 12.2. The van der Waals surface area contributed by atoms with E-state index in [0.29, 0.717) is 6.42 Å². The van der Waals surface area contributed by atoms with Crippen molar-refractivity contribution in [2.75, 3.05) is 6.54 Å². The minimum absolute atomic E-state index is 0.0764. The SMILES string of the molecule is O=C(NCC1CC1(Cl)Cl)C(F)(F)Br. The first-order valence-corrected chi connectivity index (χ1v) is 5.01. The zero-order valence-corrected chi connectivity index (χ0v) is 9.39. The summed E-state index contributed by atoms with van der Waals surface area (Å²) in [7, 11) is 0. The molecule has 1 rings (SSSR count). The number of hydrogen-bond acceptors (Lipinski definition) is 1. The Balaban J connectivity index is 2.25. The van der Waals surface area contributed by atoms with Crippen LogP contribution in [0.4, 0.5) is 8.78 Å². The summed E-state index contributed by atoms with van der Waals surface area (Å²) in [4.78, 5) is 7.09. The monoisotopic (exact) mass is 295 g/mol. The van der Waals surface area contributed by atoms with E-state index >= 15 is 0 Å². The highest BCUT2D eigenvalue weighted by Gasteiger charge is 2.52. The van der Waals surface area contributed by atoms with Gasteiger partial charge in [-0.05, 0) is 6.42 Å². The normalized spacial score (nSPS) is 25.5. The lowest BCUT2D eigenvalue weighted by molar-refractivity contribution is -0.134. The summed E-state index contributed by atoms with van der Waals surface area (Å²) in [6, 6.07) is 0. The Morgan fingerprint density at radius 2 is 2.15 bits per heavy atom. The molecule has 0 aromatic heterocycles. The zero-order valence-electron chi connectivity index (χ0n) is 6.29. The predicted octanol–water partition coefficient (Wildman–Crippen LogP) is 2.28. The lowest BCUT2D eigenvalue weighted by Gasteiger charge is -2.08. The highest BCUT2D eigenvalue weighted by atomic mass is 79.9. The van der Waals surface area contributed by atoms with Gasteiger partial charge in [0, 0.05) is 28.4 Å². The van der Waals surface area contributed by atoms with Crippen LogP contribution in [0.3, 0.4) is 0 Å². The predicted molar refractivity (Wildman–Crippen MR) is 49.4 cm³/mol. The van der Waals surface area contributed by atoms with Crippen molar-refractivity contribution >= 4 is 45.0 Å². The third-order valence-electron chi connectivity index (χ3n) is 1.72. The van der Waals surface area contributed by atoms with Crippen molar-refractivity contribution in [1.29, 1.82) is 0 Å². The summed E-state index contributed by atoms with van der Waals surface area (Å²) >= 11 is 13.2. The summed E-state index contributed by atoms with van der Waals surface area (Å²) in [6.45, 7) is 0.0764. The number of amides is 1. The van der Waals surface area contributed by atoms with Crippen molar-refractivity contribution in [3.63, 3.8) is 0 Å². The van der Waals surface area contributed by atoms with Crippen LogP contribution in [0.25, 0.3) is 0 Å². The van der Waals surface area contributed by atoms with Crippen LogP contribution in [0.15, 0.2) is 0 Å². The molecule has 0 heterocycles. The molecule has 13 heavy (non-hydrogen) atoms. The number of carbonyl (C=O) groups excluding carboxylic acids is 1. The van der Waals surface area contributed by atoms with Gasteiger partial charge in [0.15, 0.2) is 0 Å². The third-order valence-corrected chi connectivity index (χ3v) is 3.01. The summed E-state index contributed by atoms with van der Waals surface area (Å²) < 4.78 is 23.6. The van der Waals surface area contributed by atoms with Gasteiger partial charge in [-0.15, -0.1) is 23.2 Å². The van der Waals surface area contributed by atoms with E-state index in [-0.39, 0.29) is 12.5 Å². The molecule has 1 N–H and O–H groups in total. The van der Waals surface area contributed by atoms with Gasteiger partial charge in [0.2, 0.25) is 0 Å². The molecular formula is C6H6BrCl2F2NO. The fraction of sp³-hybridized carbons (Fsp3) is 0.833. The van der Waals surface area contributed by atoms with E-state index in [1.54, 1.807) is 0 Å². The van der Waals surface area contributed by atoms with Crippen LogP contribution >= 0.6 is 39.1 Å². The molecule has 0 bridgehead atoms. The van der Waals surface area contributed by atoms with E-state index in [0.717, 1.165) is 0 Å². The Bertz CT molecular complexity index is 231. The number of carbonyl (C=O) groups is 1. The van der Waals surface area contributed by atoms with E-state index in [1.807, 2.05) is 21.2 Å². The molecule has 1 aliphatic rings. The molecule has 7 heteroatoms. The molecule has 1 aliphatic carbocycles. The Hall–Kier alpha value is 0.390. The fourth-order valence-corrected chi connectivity index (χ4v) is 1.47. The Morgan fingerprint density at radius 1 is 1.69 bits per heavy atom. The van der Waals surface area contributed by atoms with Crippen molar-refractivity contribution in [2.24, 2.45) is 5.92 Å². The number of hydrogen-bond donors (Lipinski definition) is 1. The van der Waals surface area contributed by atoms with Crippen LogP contribution in [-0.4, -0.2) is 21.6 Å². The lowest BCUT2D eigenvalue weighted by Crippen LogP contribution is -2.37. The topological polar surface area (TPSA) is 29.1 Å². The molecule has 0 aliphatic heterocycles. The summed E-state index contributed by atoms with van der Waals surface area (Å²) in [5.41, 5.74) is 0. The van der Waals surface area contributed by atoms with Gasteiger partial charge in [-0.2, -0.15) is 8.78 Å². The van der Waals surface area contributed by atoms with Gasteiger partial charge in [0.1, 0.15) is 4.33 Å². The van der Waals surface area contributed by atoms with Gasteiger partial charge in [-0.1, -0.05) is 0 Å². The molecule has 1 amide bonds. The van der Waals surface area contributed by atoms with E-state index < -0.39 is 15.1 Å². The second-order valence-corrected chi connectivity index (χ2v) is 5.41. The van der Waals surface area contributed by atoms with Gasteiger partial charge in [-0.3, -0.25) is 4.79 Å². The number of alkyl halides is 5. The summed E-state index contributed by atoms with van der Waals surface area (Å²) in [5, 5.41) is 2.04. The minimum Gasteiger partial charge on any atom is -0.350 e. The average molecular weight is 297 g/mol. The van der Waals surface area contributed by atoms with Crippen molar-refractivity contribution < 1.29 is 13.6 Å². The molecule has 0 saturated heterocycles. The Labute approximate surface area is 92.1 Å². The zero-order chi connectivity index (χ0) is 10.3. The van der Waals surface area contributed by atoms with Gasteiger partial charge in [0.25, 0.3) is 0 Å². The Morgan fingerprint density at radius 3 is 2.46 bits per heavy atom. The second-order valence-electron chi connectivity index (χ2n) is 2.87. The van der Waals surface area contributed by atoms with Crippen molar-refractivity contribution in [2.45, 2.75) is 15.6 Å². The maximum absolute atomic E-state index is 12.2. The highest BCUT2D eigenvalue weighted by molar-refractivity contribution is 9.10. The van der Waals surface area contributed by atoms with E-state index in [1.165, 1.54) is 0 Å². The minimum atomic E-state index is -3.52. The average Bonchev–Trinajstić information content (AvgIpc) is 2.52. The van der Waals surface area contributed by atoms with Gasteiger partial charge < -0.3 is 5.32 Å². The summed E-state index contributed by atoms with van der Waals surface area (Å²) in [6.07, 6.45) is 0.518. The number of halogens is 5. The van der Waals surface area contributed by atoms with Crippen LogP contribution in [0.1, 0.15) is 6.42 Å². The standard InChI is InChI=1S/C6H6BrCl2F2NO/c7-6(10,11)4(13)12-2-3-1-5(3,8)9/h3H,1-2H2,(H,12,13). The van der Waals surface area contributed by atoms with Crippen LogP contribution in [0, 0.1) is 5.92 Å². The molecule has 1 atom stereocenters. The molecule has 0 aromatic carbocycles. The van der Waals surface area contributed by atoms with E-state index in [4.69, 9.17) is 23.2 Å². The van der Waals surface area contributed by atoms with E-state index in [9.17, 15) is 13.6 Å². The van der Waals surface area contributed by atoms with Crippen molar-refractivity contribution in [3.8, 4) is 0 Å². The molecule has 1 unspecified atom stereocenters. The Kier molecular flexibility index (Phi) is 3.10. The van der Waals surface area contributed by atoms with Gasteiger partial charge in [0.05, 0.1) is 0 Å². The first-order chi connectivity index (χ1) is 5.73. The lowest BCUT2D eigenvalue weighted by atomic mass is 10.4. The van der Waals surface area contributed by atoms with Crippen LogP contribution in [0.2, 0.25) is 0 Å². The first-order valence-electron chi connectivity index (χ1n) is 3.46. The smallest absolute Gasteiger partial charge is 0.350 e. The van der Waals surface area contributed by atoms with Gasteiger partial charge >= 0.3 is 10.7 Å². The first kappa shape index (κ1) is 11.5. The molecule has 0 aromatic rings. The number of nitrogens with one attached hydrogen (secondary N) is 1. The molecule has 0 spiro atoms. The number of rotatable bonds is 3. The van der Waals surface area contributed by atoms with Crippen molar-refractivity contribution in [3.05, 3.63) is 0 Å². The molecule has 2 nitrogen and oxygen atoms in total. The van der Waals surface area contributed by atoms with E-state index in [2.05, 4.69) is 0 Å². The summed E-state index contributed by atoms with van der Waals surface area (Å²) in [5.74, 6) is -1.50. The second kappa shape index (κ2) is 3.51. The van der Waals surface area contributed by atoms with Crippen LogP contribution < -0.4 is 5.32 Å².